The maximum Gasteiger partial charge on any atom is 0.264 e. The summed E-state index contributed by atoms with van der Waals surface area (Å²) in [6, 6.07) is 19.7. The monoisotopic (exact) mass is 555 g/mol. The molecule has 38 heavy (non-hydrogen) atoms. The van der Waals surface area contributed by atoms with Crippen molar-refractivity contribution in [2.45, 2.75) is 30.6 Å². The number of para-hydroxylation sites is 1. The highest BCUT2D eigenvalue weighted by atomic mass is 32.2. The molecule has 3 aromatic carbocycles. The number of carbonyl (C=O) groups excluding carboxylic acids is 2. The normalized spacial score (nSPS) is 11.1. The number of sulfonamides is 1. The van der Waals surface area contributed by atoms with Crippen LogP contribution in [0.15, 0.2) is 82.6 Å². The number of rotatable bonds is 12. The van der Waals surface area contributed by atoms with Crippen molar-refractivity contribution in [2.75, 3.05) is 42.1 Å². The van der Waals surface area contributed by atoms with Gasteiger partial charge in [-0.1, -0.05) is 12.1 Å². The van der Waals surface area contributed by atoms with E-state index in [1.54, 1.807) is 65.6 Å². The van der Waals surface area contributed by atoms with Crippen LogP contribution in [0.5, 0.6) is 5.75 Å². The number of hydrogen-bond donors (Lipinski definition) is 1. The minimum Gasteiger partial charge on any atom is -0.494 e. The van der Waals surface area contributed by atoms with E-state index in [4.69, 9.17) is 4.74 Å². The van der Waals surface area contributed by atoms with Gasteiger partial charge in [0.05, 0.1) is 28.4 Å². The molecule has 3 rings (SSSR count). The Kier molecular flexibility index (Phi) is 10.2. The molecule has 0 radical (unpaired) electrons. The molecule has 0 unspecified atom stereocenters. The molecule has 0 saturated heterocycles. The van der Waals surface area contributed by atoms with Crippen LogP contribution in [-0.2, 0) is 14.8 Å². The average Bonchev–Trinajstić information content (AvgIpc) is 2.93. The van der Waals surface area contributed by atoms with E-state index in [0.29, 0.717) is 42.4 Å². The van der Waals surface area contributed by atoms with Crippen LogP contribution in [0, 0.1) is 0 Å². The molecule has 1 N–H and O–H groups in total. The smallest absolute Gasteiger partial charge is 0.264 e. The number of thioether (sulfide) groups is 1. The summed E-state index contributed by atoms with van der Waals surface area (Å²) >= 11 is 1.50. The van der Waals surface area contributed by atoms with Crippen molar-refractivity contribution < 1.29 is 22.7 Å². The molecule has 0 aromatic heterocycles. The minimum absolute atomic E-state index is 0.0640. The third-order valence-electron chi connectivity index (χ3n) is 5.85. The highest BCUT2D eigenvalue weighted by molar-refractivity contribution is 7.98. The highest BCUT2D eigenvalue weighted by Crippen LogP contribution is 2.27. The van der Waals surface area contributed by atoms with Gasteiger partial charge in [0.1, 0.15) is 12.3 Å². The first-order valence-electron chi connectivity index (χ1n) is 12.3. The summed E-state index contributed by atoms with van der Waals surface area (Å²) in [4.78, 5) is 28.9. The van der Waals surface area contributed by atoms with Crippen molar-refractivity contribution in [2.24, 2.45) is 0 Å². The standard InChI is InChI=1S/C28H33N3O5S2/c1-5-30(6-2)28(33)25-10-8-9-11-26(25)29-27(32)20-31(21-12-14-22(15-13-21)36-7-3)38(34,35)24-18-16-23(37-4)17-19-24/h8-19H,5-7,20H2,1-4H3,(H,29,32). The number of anilines is 2. The number of amides is 2. The maximum absolute atomic E-state index is 13.7. The van der Waals surface area contributed by atoms with Crippen LogP contribution in [0.1, 0.15) is 31.1 Å². The topological polar surface area (TPSA) is 96.0 Å². The molecule has 0 heterocycles. The van der Waals surface area contributed by atoms with Crippen LogP contribution < -0.4 is 14.4 Å². The number of nitrogens with one attached hydrogen (secondary N) is 1. The number of carbonyl (C=O) groups is 2. The van der Waals surface area contributed by atoms with Gasteiger partial charge in [0.2, 0.25) is 5.91 Å². The lowest BCUT2D eigenvalue weighted by Gasteiger charge is -2.25. The zero-order valence-electron chi connectivity index (χ0n) is 22.0. The van der Waals surface area contributed by atoms with Crippen LogP contribution in [0.3, 0.4) is 0 Å². The Morgan fingerprint density at radius 2 is 1.53 bits per heavy atom. The first kappa shape index (κ1) is 29.1. The molecule has 0 aliphatic carbocycles. The molecule has 0 bridgehead atoms. The van der Waals surface area contributed by atoms with Gasteiger partial charge < -0.3 is 15.0 Å². The van der Waals surface area contributed by atoms with Gasteiger partial charge in [-0.15, -0.1) is 11.8 Å². The number of hydrogen-bond acceptors (Lipinski definition) is 6. The lowest BCUT2D eigenvalue weighted by molar-refractivity contribution is -0.114. The summed E-state index contributed by atoms with van der Waals surface area (Å²) in [5.74, 6) is -0.204. The Balaban J connectivity index is 1.95. The van der Waals surface area contributed by atoms with Crippen molar-refractivity contribution in [3.8, 4) is 5.75 Å². The van der Waals surface area contributed by atoms with Gasteiger partial charge >= 0.3 is 0 Å². The van der Waals surface area contributed by atoms with E-state index in [9.17, 15) is 18.0 Å². The quantitative estimate of drug-likeness (QED) is 0.312. The van der Waals surface area contributed by atoms with Gasteiger partial charge in [0.25, 0.3) is 15.9 Å². The minimum atomic E-state index is -4.09. The molecule has 0 fully saturated rings. The second-order valence-corrected chi connectivity index (χ2v) is 10.9. The SMILES string of the molecule is CCOc1ccc(N(CC(=O)Nc2ccccc2C(=O)N(CC)CC)S(=O)(=O)c2ccc(SC)cc2)cc1. The van der Waals surface area contributed by atoms with Crippen LogP contribution in [0.2, 0.25) is 0 Å². The predicted octanol–water partition coefficient (Wildman–Crippen LogP) is 5.12. The first-order valence-corrected chi connectivity index (χ1v) is 15.0. The van der Waals surface area contributed by atoms with Crippen LogP contribution >= 0.6 is 11.8 Å². The summed E-state index contributed by atoms with van der Waals surface area (Å²) in [7, 11) is -4.09. The van der Waals surface area contributed by atoms with Crippen molar-refractivity contribution in [3.63, 3.8) is 0 Å². The fourth-order valence-corrected chi connectivity index (χ4v) is 5.67. The fraction of sp³-hybridized carbons (Fsp3) is 0.286. The Hall–Kier alpha value is -3.50. The second-order valence-electron chi connectivity index (χ2n) is 8.19. The summed E-state index contributed by atoms with van der Waals surface area (Å²) in [5, 5.41) is 2.75. The molecule has 2 amide bonds. The van der Waals surface area contributed by atoms with Crippen LogP contribution in [-0.4, -0.2) is 57.6 Å². The average molecular weight is 556 g/mol. The van der Waals surface area contributed by atoms with Crippen molar-refractivity contribution in [3.05, 3.63) is 78.4 Å². The largest absolute Gasteiger partial charge is 0.494 e. The summed E-state index contributed by atoms with van der Waals surface area (Å²) in [6.45, 7) is 6.65. The Morgan fingerprint density at radius 1 is 0.895 bits per heavy atom. The zero-order chi connectivity index (χ0) is 27.7. The van der Waals surface area contributed by atoms with Crippen molar-refractivity contribution in [1.29, 1.82) is 0 Å². The van der Waals surface area contributed by atoms with Crippen LogP contribution in [0.4, 0.5) is 11.4 Å². The third-order valence-corrected chi connectivity index (χ3v) is 8.38. The van der Waals surface area contributed by atoms with Gasteiger partial charge in [-0.3, -0.25) is 13.9 Å². The lowest BCUT2D eigenvalue weighted by atomic mass is 10.1. The third kappa shape index (κ3) is 6.87. The highest BCUT2D eigenvalue weighted by Gasteiger charge is 2.28. The van der Waals surface area contributed by atoms with E-state index in [-0.39, 0.29) is 10.8 Å². The van der Waals surface area contributed by atoms with Gasteiger partial charge in [-0.2, -0.15) is 0 Å². The number of ether oxygens (including phenoxy) is 1. The molecule has 10 heteroatoms. The predicted molar refractivity (Wildman–Crippen MR) is 153 cm³/mol. The van der Waals surface area contributed by atoms with E-state index < -0.39 is 22.5 Å². The molecule has 0 saturated carbocycles. The second kappa shape index (κ2) is 13.3. The molecule has 0 aliphatic rings. The summed E-state index contributed by atoms with van der Waals surface area (Å²) < 4.78 is 34.0. The first-order chi connectivity index (χ1) is 18.2. The van der Waals surface area contributed by atoms with Gasteiger partial charge in [0.15, 0.2) is 0 Å². The van der Waals surface area contributed by atoms with Gasteiger partial charge in [-0.05, 0) is 87.7 Å². The van der Waals surface area contributed by atoms with E-state index in [1.165, 1.54) is 23.9 Å². The van der Waals surface area contributed by atoms with Crippen molar-refractivity contribution >= 4 is 45.0 Å². The van der Waals surface area contributed by atoms with Gasteiger partial charge in [-0.25, -0.2) is 8.42 Å². The fourth-order valence-electron chi connectivity index (χ4n) is 3.85. The van der Waals surface area contributed by atoms with E-state index >= 15 is 0 Å². The van der Waals surface area contributed by atoms with E-state index in [1.807, 2.05) is 27.0 Å². The Labute approximate surface area is 229 Å². The Bertz CT molecular complexity index is 1340. The van der Waals surface area contributed by atoms with E-state index in [2.05, 4.69) is 5.32 Å². The van der Waals surface area contributed by atoms with E-state index in [0.717, 1.165) is 9.20 Å². The van der Waals surface area contributed by atoms with Gasteiger partial charge in [0, 0.05) is 18.0 Å². The molecule has 0 atom stereocenters. The van der Waals surface area contributed by atoms with Crippen molar-refractivity contribution in [1.82, 2.24) is 4.90 Å². The molecule has 0 aliphatic heterocycles. The lowest BCUT2D eigenvalue weighted by Crippen LogP contribution is -2.38. The number of nitrogens with zero attached hydrogens (tertiary/aromatic N) is 2. The molecule has 8 nitrogen and oxygen atoms in total. The Morgan fingerprint density at radius 3 is 2.11 bits per heavy atom. The molecular weight excluding hydrogens is 522 g/mol. The summed E-state index contributed by atoms with van der Waals surface area (Å²) in [5.41, 5.74) is 0.973. The summed E-state index contributed by atoms with van der Waals surface area (Å²) in [6.07, 6.45) is 1.91. The van der Waals surface area contributed by atoms with Crippen LogP contribution in [0.25, 0.3) is 0 Å². The molecule has 202 valence electrons. The zero-order valence-corrected chi connectivity index (χ0v) is 23.6. The number of benzene rings is 3. The maximum atomic E-state index is 13.7. The molecule has 0 spiro atoms. The molecule has 3 aromatic rings. The molecular formula is C28H33N3O5S2.